The fourth-order valence-electron chi connectivity index (χ4n) is 3.62. The Labute approximate surface area is 120 Å². The summed E-state index contributed by atoms with van der Waals surface area (Å²) < 4.78 is 0. The predicted molar refractivity (Wildman–Crippen MR) is 83.4 cm³/mol. The van der Waals surface area contributed by atoms with Gasteiger partial charge >= 0.3 is 0 Å². The van der Waals surface area contributed by atoms with Crippen LogP contribution in [0.15, 0.2) is 0 Å². The molecule has 112 valence electrons. The van der Waals surface area contributed by atoms with E-state index < -0.39 is 0 Å². The Bertz CT molecular complexity index is 287. The van der Waals surface area contributed by atoms with Crippen LogP contribution in [0.3, 0.4) is 0 Å². The van der Waals surface area contributed by atoms with E-state index in [0.717, 1.165) is 23.8 Å². The van der Waals surface area contributed by atoms with Crippen molar-refractivity contribution in [2.75, 3.05) is 19.6 Å². The van der Waals surface area contributed by atoms with Gasteiger partial charge in [-0.3, -0.25) is 4.90 Å². The van der Waals surface area contributed by atoms with Crippen LogP contribution in [0.5, 0.6) is 0 Å². The molecule has 0 aromatic rings. The summed E-state index contributed by atoms with van der Waals surface area (Å²) in [5, 5.41) is 3.90. The van der Waals surface area contributed by atoms with Crippen LogP contribution in [0.2, 0.25) is 0 Å². The second-order valence-corrected chi connectivity index (χ2v) is 7.47. The number of rotatable bonds is 6. The zero-order valence-electron chi connectivity index (χ0n) is 13.7. The lowest BCUT2D eigenvalue weighted by Crippen LogP contribution is -2.65. The molecule has 2 aliphatic rings. The van der Waals surface area contributed by atoms with Crippen molar-refractivity contribution in [3.05, 3.63) is 0 Å². The third-order valence-electron chi connectivity index (χ3n) is 5.74. The monoisotopic (exact) mass is 266 g/mol. The molecule has 1 aliphatic carbocycles. The zero-order chi connectivity index (χ0) is 14.0. The van der Waals surface area contributed by atoms with E-state index in [2.05, 4.69) is 44.8 Å². The van der Waals surface area contributed by atoms with Gasteiger partial charge in [0.25, 0.3) is 0 Å². The number of nitrogens with one attached hydrogen (secondary N) is 1. The minimum Gasteiger partial charge on any atom is -0.308 e. The average Bonchev–Trinajstić information content (AvgIpc) is 3.22. The summed E-state index contributed by atoms with van der Waals surface area (Å²) >= 11 is 0. The van der Waals surface area contributed by atoms with E-state index in [1.807, 2.05) is 0 Å². The summed E-state index contributed by atoms with van der Waals surface area (Å²) in [6.45, 7) is 15.7. The topological polar surface area (TPSA) is 15.3 Å². The van der Waals surface area contributed by atoms with Gasteiger partial charge in [0, 0.05) is 31.2 Å². The van der Waals surface area contributed by atoms with Crippen LogP contribution in [-0.4, -0.2) is 36.1 Å². The van der Waals surface area contributed by atoms with Gasteiger partial charge in [-0.05, 0) is 37.5 Å². The van der Waals surface area contributed by atoms with Crippen molar-refractivity contribution >= 4 is 0 Å². The lowest BCUT2D eigenvalue weighted by molar-refractivity contribution is 0.0369. The van der Waals surface area contributed by atoms with Gasteiger partial charge in [-0.25, -0.2) is 0 Å². The van der Waals surface area contributed by atoms with Crippen LogP contribution in [-0.2, 0) is 0 Å². The van der Waals surface area contributed by atoms with Crippen LogP contribution in [0, 0.1) is 17.8 Å². The Morgan fingerprint density at radius 3 is 2.42 bits per heavy atom. The molecule has 1 heterocycles. The lowest BCUT2D eigenvalue weighted by Gasteiger charge is -2.49. The molecular formula is C17H34N2. The Morgan fingerprint density at radius 1 is 1.21 bits per heavy atom. The molecule has 1 saturated carbocycles. The molecule has 0 aromatic heterocycles. The first-order valence-electron chi connectivity index (χ1n) is 8.49. The number of hydrogen-bond donors (Lipinski definition) is 1. The molecule has 1 aliphatic heterocycles. The lowest BCUT2D eigenvalue weighted by atomic mass is 9.86. The highest BCUT2D eigenvalue weighted by atomic mass is 15.3. The fraction of sp³-hybridized carbons (Fsp3) is 1.00. The van der Waals surface area contributed by atoms with E-state index >= 15 is 0 Å². The minimum atomic E-state index is 0.386. The van der Waals surface area contributed by atoms with Crippen LogP contribution >= 0.6 is 0 Å². The number of hydrogen-bond acceptors (Lipinski definition) is 2. The average molecular weight is 266 g/mol. The first-order chi connectivity index (χ1) is 9.00. The van der Waals surface area contributed by atoms with Crippen molar-refractivity contribution in [1.82, 2.24) is 10.2 Å². The Morgan fingerprint density at radius 2 is 1.89 bits per heavy atom. The van der Waals surface area contributed by atoms with E-state index in [9.17, 15) is 0 Å². The van der Waals surface area contributed by atoms with Crippen LogP contribution in [0.4, 0.5) is 0 Å². The van der Waals surface area contributed by atoms with Gasteiger partial charge in [-0.1, -0.05) is 40.5 Å². The van der Waals surface area contributed by atoms with Gasteiger partial charge in [0.1, 0.15) is 0 Å². The summed E-state index contributed by atoms with van der Waals surface area (Å²) in [4.78, 5) is 2.82. The molecule has 2 rings (SSSR count). The van der Waals surface area contributed by atoms with Crippen LogP contribution in [0.25, 0.3) is 0 Å². The van der Waals surface area contributed by atoms with E-state index in [-0.39, 0.29) is 0 Å². The maximum atomic E-state index is 3.90. The second kappa shape index (κ2) is 6.13. The van der Waals surface area contributed by atoms with Crippen molar-refractivity contribution in [2.45, 2.75) is 71.9 Å². The van der Waals surface area contributed by atoms with Gasteiger partial charge in [0.15, 0.2) is 0 Å². The van der Waals surface area contributed by atoms with Crippen molar-refractivity contribution in [1.29, 1.82) is 0 Å². The molecule has 19 heavy (non-hydrogen) atoms. The smallest absolute Gasteiger partial charge is 0.0309 e. The van der Waals surface area contributed by atoms with Crippen molar-refractivity contribution in [2.24, 2.45) is 17.8 Å². The highest BCUT2D eigenvalue weighted by Gasteiger charge is 2.46. The van der Waals surface area contributed by atoms with Crippen LogP contribution < -0.4 is 5.32 Å². The molecule has 0 spiro atoms. The fourth-order valence-corrected chi connectivity index (χ4v) is 3.62. The molecule has 0 radical (unpaired) electrons. The first-order valence-corrected chi connectivity index (χ1v) is 8.49. The second-order valence-electron chi connectivity index (χ2n) is 7.47. The van der Waals surface area contributed by atoms with Gasteiger partial charge in [0.05, 0.1) is 0 Å². The molecule has 0 amide bonds. The summed E-state index contributed by atoms with van der Waals surface area (Å²) in [5.74, 6) is 2.57. The van der Waals surface area contributed by atoms with E-state index in [0.29, 0.717) is 5.54 Å². The molecule has 2 heteroatoms. The molecule has 1 N–H and O–H groups in total. The van der Waals surface area contributed by atoms with E-state index in [1.165, 1.54) is 45.3 Å². The van der Waals surface area contributed by atoms with Gasteiger partial charge in [0.2, 0.25) is 0 Å². The molecule has 2 fully saturated rings. The summed E-state index contributed by atoms with van der Waals surface area (Å²) in [5.41, 5.74) is 0.386. The quantitative estimate of drug-likeness (QED) is 0.791. The number of piperazine rings is 1. The van der Waals surface area contributed by atoms with Crippen molar-refractivity contribution in [3.8, 4) is 0 Å². The van der Waals surface area contributed by atoms with Gasteiger partial charge in [-0.2, -0.15) is 0 Å². The Hall–Kier alpha value is -0.0800. The minimum absolute atomic E-state index is 0.386. The Balaban J connectivity index is 2.04. The summed E-state index contributed by atoms with van der Waals surface area (Å²) in [6.07, 6.45) is 5.48. The summed E-state index contributed by atoms with van der Waals surface area (Å²) in [7, 11) is 0. The van der Waals surface area contributed by atoms with E-state index in [1.54, 1.807) is 0 Å². The van der Waals surface area contributed by atoms with E-state index in [4.69, 9.17) is 0 Å². The number of nitrogens with zero attached hydrogens (tertiary/aromatic N) is 1. The maximum Gasteiger partial charge on any atom is 0.0309 e. The molecular weight excluding hydrogens is 232 g/mol. The molecule has 2 nitrogen and oxygen atoms in total. The highest BCUT2D eigenvalue weighted by Crippen LogP contribution is 2.42. The Kier molecular flexibility index (Phi) is 4.94. The SMILES string of the molecule is CCC(C)CN1CC(C)(C2CC2)NCC1C(C)CC. The standard InChI is InChI=1S/C17H34N2/c1-6-13(3)11-19-12-17(5,15-8-9-15)18-10-16(19)14(4)7-2/h13-16,18H,6-12H2,1-5H3. The highest BCUT2D eigenvalue weighted by molar-refractivity contribution is 5.04. The zero-order valence-corrected chi connectivity index (χ0v) is 13.7. The van der Waals surface area contributed by atoms with Crippen molar-refractivity contribution < 1.29 is 0 Å². The van der Waals surface area contributed by atoms with Crippen molar-refractivity contribution in [3.63, 3.8) is 0 Å². The molecule has 1 saturated heterocycles. The first kappa shape index (κ1) is 15.3. The molecule has 0 aromatic carbocycles. The largest absolute Gasteiger partial charge is 0.308 e. The molecule has 4 unspecified atom stereocenters. The predicted octanol–water partition coefficient (Wildman–Crippen LogP) is 3.52. The van der Waals surface area contributed by atoms with Gasteiger partial charge < -0.3 is 5.32 Å². The maximum absolute atomic E-state index is 3.90. The third-order valence-corrected chi connectivity index (χ3v) is 5.74. The van der Waals surface area contributed by atoms with Crippen LogP contribution in [0.1, 0.15) is 60.3 Å². The summed E-state index contributed by atoms with van der Waals surface area (Å²) in [6, 6.07) is 0.742. The van der Waals surface area contributed by atoms with Gasteiger partial charge in [-0.15, -0.1) is 0 Å². The normalized spacial score (nSPS) is 36.2. The molecule has 0 bridgehead atoms. The third kappa shape index (κ3) is 3.52. The molecule has 4 atom stereocenters.